The number of piperidine rings is 1. The van der Waals surface area contributed by atoms with Gasteiger partial charge >= 0.3 is 0 Å². The molecule has 2 rings (SSSR count). The van der Waals surface area contributed by atoms with Gasteiger partial charge in [0.1, 0.15) is 6.33 Å². The number of thioether (sulfide) groups is 1. The zero-order valence-electron chi connectivity index (χ0n) is 11.2. The largest absolute Gasteiger partial charge is 0.337 e. The molecular formula is C12H20N4OS. The molecule has 6 heteroatoms. The molecule has 2 heterocycles. The third kappa shape index (κ3) is 2.85. The Bertz CT molecular complexity index is 410. The van der Waals surface area contributed by atoms with Crippen LogP contribution in [0.3, 0.4) is 0 Å². The number of hydrogen-bond acceptors (Lipinski definition) is 4. The highest BCUT2D eigenvalue weighted by molar-refractivity contribution is 7.99. The van der Waals surface area contributed by atoms with Crippen LogP contribution in [0, 0.1) is 0 Å². The molecule has 1 aromatic rings. The molecule has 0 unspecified atom stereocenters. The number of likely N-dealkylation sites (tertiary alicyclic amines) is 1. The van der Waals surface area contributed by atoms with Crippen LogP contribution in [-0.2, 0) is 11.8 Å². The van der Waals surface area contributed by atoms with E-state index in [1.807, 2.05) is 16.5 Å². The minimum absolute atomic E-state index is 0.211. The maximum Gasteiger partial charge on any atom is 0.233 e. The van der Waals surface area contributed by atoms with Gasteiger partial charge in [0, 0.05) is 19.1 Å². The summed E-state index contributed by atoms with van der Waals surface area (Å²) in [6, 6.07) is 0.725. The van der Waals surface area contributed by atoms with E-state index in [9.17, 15) is 4.79 Å². The van der Waals surface area contributed by atoms with Gasteiger partial charge in [0.15, 0.2) is 5.16 Å². The number of amides is 1. The lowest BCUT2D eigenvalue weighted by atomic mass is 9.98. The molecule has 0 aliphatic carbocycles. The summed E-state index contributed by atoms with van der Waals surface area (Å²) in [7, 11) is 1.89. The molecule has 1 fully saturated rings. The van der Waals surface area contributed by atoms with Gasteiger partial charge in [-0.25, -0.2) is 0 Å². The SMILES string of the molecule is C[C@@H]1CCC[C@H](C)N1C(=O)CSc1nncn1C. The van der Waals surface area contributed by atoms with Crippen LogP contribution in [0.15, 0.2) is 11.5 Å². The van der Waals surface area contributed by atoms with E-state index in [4.69, 9.17) is 0 Å². The molecule has 0 bridgehead atoms. The molecule has 1 aliphatic rings. The van der Waals surface area contributed by atoms with Crippen LogP contribution in [0.2, 0.25) is 0 Å². The van der Waals surface area contributed by atoms with Crippen LogP contribution in [-0.4, -0.2) is 43.4 Å². The van der Waals surface area contributed by atoms with E-state index >= 15 is 0 Å². The van der Waals surface area contributed by atoms with E-state index < -0.39 is 0 Å². The number of nitrogens with zero attached hydrogens (tertiary/aromatic N) is 4. The summed E-state index contributed by atoms with van der Waals surface area (Å²) in [4.78, 5) is 14.3. The second-order valence-corrected chi connectivity index (χ2v) is 5.89. The number of aryl methyl sites for hydroxylation is 1. The lowest BCUT2D eigenvalue weighted by Crippen LogP contribution is -2.48. The molecule has 1 aromatic heterocycles. The molecule has 1 saturated heterocycles. The van der Waals surface area contributed by atoms with Crippen molar-refractivity contribution in [2.75, 3.05) is 5.75 Å². The minimum Gasteiger partial charge on any atom is -0.337 e. The van der Waals surface area contributed by atoms with Gasteiger partial charge in [-0.1, -0.05) is 11.8 Å². The highest BCUT2D eigenvalue weighted by atomic mass is 32.2. The first-order valence-electron chi connectivity index (χ1n) is 6.37. The molecular weight excluding hydrogens is 248 g/mol. The Morgan fingerprint density at radius 2 is 2.11 bits per heavy atom. The normalized spacial score (nSPS) is 24.3. The van der Waals surface area contributed by atoms with Crippen molar-refractivity contribution in [1.29, 1.82) is 0 Å². The average molecular weight is 268 g/mol. The molecule has 2 atom stereocenters. The van der Waals surface area contributed by atoms with Crippen molar-refractivity contribution in [2.24, 2.45) is 7.05 Å². The Balaban J connectivity index is 1.93. The standard InChI is InChI=1S/C12H20N4OS/c1-9-5-4-6-10(2)16(9)11(17)7-18-12-14-13-8-15(12)3/h8-10H,4-7H2,1-3H3/t9-,10+. The lowest BCUT2D eigenvalue weighted by Gasteiger charge is -2.39. The first-order chi connectivity index (χ1) is 8.59. The van der Waals surface area contributed by atoms with Gasteiger partial charge in [-0.15, -0.1) is 10.2 Å². The summed E-state index contributed by atoms with van der Waals surface area (Å²) in [5, 5.41) is 8.58. The molecule has 1 aliphatic heterocycles. The van der Waals surface area contributed by atoms with Crippen molar-refractivity contribution in [2.45, 2.75) is 50.4 Å². The van der Waals surface area contributed by atoms with E-state index in [0.29, 0.717) is 17.8 Å². The Hall–Kier alpha value is -1.04. The van der Waals surface area contributed by atoms with E-state index in [1.54, 1.807) is 6.33 Å². The first-order valence-corrected chi connectivity index (χ1v) is 7.36. The van der Waals surface area contributed by atoms with Crippen molar-refractivity contribution in [3.8, 4) is 0 Å². The van der Waals surface area contributed by atoms with Gasteiger partial charge in [0.2, 0.25) is 5.91 Å². The highest BCUT2D eigenvalue weighted by Gasteiger charge is 2.28. The van der Waals surface area contributed by atoms with Crippen LogP contribution in [0.4, 0.5) is 0 Å². The third-order valence-electron chi connectivity index (χ3n) is 3.48. The van der Waals surface area contributed by atoms with Gasteiger partial charge in [0.25, 0.3) is 0 Å². The Kier molecular flexibility index (Phi) is 4.27. The number of carbonyl (C=O) groups is 1. The van der Waals surface area contributed by atoms with E-state index in [0.717, 1.165) is 18.0 Å². The zero-order chi connectivity index (χ0) is 13.1. The summed E-state index contributed by atoms with van der Waals surface area (Å²) in [6.45, 7) is 4.28. The summed E-state index contributed by atoms with van der Waals surface area (Å²) >= 11 is 1.46. The van der Waals surface area contributed by atoms with Gasteiger partial charge in [-0.3, -0.25) is 4.79 Å². The predicted octanol–water partition coefficient (Wildman–Crippen LogP) is 1.70. The van der Waals surface area contributed by atoms with E-state index in [1.165, 1.54) is 18.2 Å². The molecule has 5 nitrogen and oxygen atoms in total. The maximum atomic E-state index is 12.3. The summed E-state index contributed by atoms with van der Waals surface area (Å²) in [5.41, 5.74) is 0. The monoisotopic (exact) mass is 268 g/mol. The van der Waals surface area contributed by atoms with Crippen molar-refractivity contribution in [3.63, 3.8) is 0 Å². The van der Waals surface area contributed by atoms with Crippen LogP contribution in [0.1, 0.15) is 33.1 Å². The number of rotatable bonds is 3. The lowest BCUT2D eigenvalue weighted by molar-refractivity contribution is -0.134. The van der Waals surface area contributed by atoms with Gasteiger partial charge in [0.05, 0.1) is 5.75 Å². The topological polar surface area (TPSA) is 51.0 Å². The summed E-state index contributed by atoms with van der Waals surface area (Å²) in [6.07, 6.45) is 5.11. The van der Waals surface area contributed by atoms with Gasteiger partial charge in [-0.05, 0) is 33.1 Å². The first kappa shape index (κ1) is 13.4. The smallest absolute Gasteiger partial charge is 0.233 e. The van der Waals surface area contributed by atoms with Crippen LogP contribution >= 0.6 is 11.8 Å². The highest BCUT2D eigenvalue weighted by Crippen LogP contribution is 2.24. The molecule has 1 amide bonds. The number of aromatic nitrogens is 3. The van der Waals surface area contributed by atoms with E-state index in [2.05, 4.69) is 24.0 Å². The minimum atomic E-state index is 0.211. The molecule has 18 heavy (non-hydrogen) atoms. The summed E-state index contributed by atoms with van der Waals surface area (Å²) < 4.78 is 1.83. The fraction of sp³-hybridized carbons (Fsp3) is 0.750. The van der Waals surface area contributed by atoms with E-state index in [-0.39, 0.29) is 5.91 Å². The Morgan fingerprint density at radius 3 is 2.67 bits per heavy atom. The molecule has 100 valence electrons. The fourth-order valence-corrected chi connectivity index (χ4v) is 3.27. The zero-order valence-corrected chi connectivity index (χ0v) is 12.0. The van der Waals surface area contributed by atoms with Crippen molar-refractivity contribution >= 4 is 17.7 Å². The van der Waals surface area contributed by atoms with Crippen molar-refractivity contribution < 1.29 is 4.79 Å². The summed E-state index contributed by atoms with van der Waals surface area (Å²) in [5.74, 6) is 0.656. The average Bonchev–Trinajstić information content (AvgIpc) is 2.72. The third-order valence-corrected chi connectivity index (χ3v) is 4.50. The second-order valence-electron chi connectivity index (χ2n) is 4.94. The van der Waals surface area contributed by atoms with Gasteiger partial charge in [-0.2, -0.15) is 0 Å². The molecule has 0 spiro atoms. The van der Waals surface area contributed by atoms with Crippen LogP contribution < -0.4 is 0 Å². The van der Waals surface area contributed by atoms with Crippen LogP contribution in [0.25, 0.3) is 0 Å². The van der Waals surface area contributed by atoms with Crippen molar-refractivity contribution in [3.05, 3.63) is 6.33 Å². The fourth-order valence-electron chi connectivity index (χ4n) is 2.52. The Labute approximate surface area is 112 Å². The number of hydrogen-bond donors (Lipinski definition) is 0. The number of carbonyl (C=O) groups excluding carboxylic acids is 1. The Morgan fingerprint density at radius 1 is 1.44 bits per heavy atom. The van der Waals surface area contributed by atoms with Crippen molar-refractivity contribution in [1.82, 2.24) is 19.7 Å². The second kappa shape index (κ2) is 5.73. The quantitative estimate of drug-likeness (QED) is 0.783. The van der Waals surface area contributed by atoms with Crippen LogP contribution in [0.5, 0.6) is 0 Å². The predicted molar refractivity (Wildman–Crippen MR) is 71.3 cm³/mol. The molecule has 0 N–H and O–H groups in total. The molecule has 0 radical (unpaired) electrons. The maximum absolute atomic E-state index is 12.3. The van der Waals surface area contributed by atoms with Gasteiger partial charge < -0.3 is 9.47 Å². The molecule has 0 aromatic carbocycles. The molecule has 0 saturated carbocycles.